The van der Waals surface area contributed by atoms with Gasteiger partial charge in [0.2, 0.25) is 0 Å². The van der Waals surface area contributed by atoms with Crippen molar-refractivity contribution in [2.75, 3.05) is 5.73 Å². The van der Waals surface area contributed by atoms with Crippen molar-refractivity contribution >= 4 is 11.7 Å². The molecular formula is C7H7NO6. The van der Waals surface area contributed by atoms with E-state index in [1.54, 1.807) is 0 Å². The molecule has 14 heavy (non-hydrogen) atoms. The van der Waals surface area contributed by atoms with Gasteiger partial charge in [0.25, 0.3) is 0 Å². The number of nitrogen functional groups attached to an aromatic ring is 1. The van der Waals surface area contributed by atoms with Gasteiger partial charge in [0.05, 0.1) is 0 Å². The average molecular weight is 201 g/mol. The summed E-state index contributed by atoms with van der Waals surface area (Å²) in [6, 6.07) is 0. The molecule has 0 unspecified atom stereocenters. The molecule has 0 atom stereocenters. The molecule has 0 spiro atoms. The van der Waals surface area contributed by atoms with Crippen LogP contribution in [0.2, 0.25) is 0 Å². The van der Waals surface area contributed by atoms with Gasteiger partial charge in [0, 0.05) is 0 Å². The number of hydrogen-bond donors (Lipinski definition) is 6. The van der Waals surface area contributed by atoms with Crippen molar-refractivity contribution in [3.8, 4) is 23.0 Å². The van der Waals surface area contributed by atoms with Crippen LogP contribution in [0.4, 0.5) is 5.69 Å². The van der Waals surface area contributed by atoms with E-state index in [4.69, 9.17) is 31.3 Å². The Morgan fingerprint density at radius 3 is 1.57 bits per heavy atom. The van der Waals surface area contributed by atoms with Gasteiger partial charge in [-0.1, -0.05) is 0 Å². The number of rotatable bonds is 1. The van der Waals surface area contributed by atoms with Crippen LogP contribution in [0.3, 0.4) is 0 Å². The normalized spacial score (nSPS) is 10.0. The van der Waals surface area contributed by atoms with E-state index in [-0.39, 0.29) is 0 Å². The molecule has 0 bridgehead atoms. The summed E-state index contributed by atoms with van der Waals surface area (Å²) in [5, 5.41) is 44.7. The lowest BCUT2D eigenvalue weighted by atomic mass is 10.1. The Morgan fingerprint density at radius 1 is 0.929 bits per heavy atom. The fourth-order valence-electron chi connectivity index (χ4n) is 0.919. The number of phenolic OH excluding ortho intramolecular Hbond substituents is 2. The minimum atomic E-state index is -1.70. The van der Waals surface area contributed by atoms with Crippen LogP contribution >= 0.6 is 0 Å². The molecule has 76 valence electrons. The van der Waals surface area contributed by atoms with Gasteiger partial charge in [0.1, 0.15) is 5.69 Å². The lowest BCUT2D eigenvalue weighted by Gasteiger charge is -2.09. The van der Waals surface area contributed by atoms with Gasteiger partial charge in [-0.15, -0.1) is 0 Å². The summed E-state index contributed by atoms with van der Waals surface area (Å²) in [5.74, 6) is -5.86. The molecule has 7 N–H and O–H groups in total. The Balaban J connectivity index is 3.68. The molecule has 0 aliphatic carbocycles. The fourth-order valence-corrected chi connectivity index (χ4v) is 0.919. The molecule has 1 rings (SSSR count). The zero-order valence-electron chi connectivity index (χ0n) is 6.72. The van der Waals surface area contributed by atoms with Crippen LogP contribution in [-0.2, 0) is 0 Å². The van der Waals surface area contributed by atoms with Crippen LogP contribution in [0.5, 0.6) is 23.0 Å². The summed E-state index contributed by atoms with van der Waals surface area (Å²) in [4.78, 5) is 10.5. The third kappa shape index (κ3) is 1.11. The number of carboxylic acid groups (broad SMARTS) is 1. The Bertz CT molecular complexity index is 384. The third-order valence-electron chi connectivity index (χ3n) is 1.65. The van der Waals surface area contributed by atoms with Gasteiger partial charge >= 0.3 is 5.97 Å². The van der Waals surface area contributed by atoms with Gasteiger partial charge in [-0.3, -0.25) is 0 Å². The molecule has 0 amide bonds. The van der Waals surface area contributed by atoms with Crippen molar-refractivity contribution < 1.29 is 30.3 Å². The maximum atomic E-state index is 10.5. The Hall–Kier alpha value is -2.31. The first-order valence-electron chi connectivity index (χ1n) is 3.36. The second-order valence-electron chi connectivity index (χ2n) is 2.49. The highest BCUT2D eigenvalue weighted by atomic mass is 16.4. The molecule has 0 saturated heterocycles. The zero-order valence-corrected chi connectivity index (χ0v) is 6.72. The van der Waals surface area contributed by atoms with Gasteiger partial charge in [-0.25, -0.2) is 4.79 Å². The first kappa shape index (κ1) is 9.78. The number of hydrogen-bond acceptors (Lipinski definition) is 6. The van der Waals surface area contributed by atoms with E-state index in [2.05, 4.69) is 0 Å². The Labute approximate surface area is 77.3 Å². The summed E-state index contributed by atoms with van der Waals surface area (Å²) in [6.45, 7) is 0. The second kappa shape index (κ2) is 2.87. The predicted molar refractivity (Wildman–Crippen MR) is 44.5 cm³/mol. The van der Waals surface area contributed by atoms with E-state index >= 15 is 0 Å². The Morgan fingerprint density at radius 2 is 1.29 bits per heavy atom. The molecule has 0 fully saturated rings. The lowest BCUT2D eigenvalue weighted by molar-refractivity contribution is 0.0689. The second-order valence-corrected chi connectivity index (χ2v) is 2.49. The highest BCUT2D eigenvalue weighted by Crippen LogP contribution is 2.47. The quantitative estimate of drug-likeness (QED) is 0.209. The monoisotopic (exact) mass is 201 g/mol. The number of aromatic hydroxyl groups is 4. The number of nitrogens with two attached hydrogens (primary N) is 1. The van der Waals surface area contributed by atoms with Crippen molar-refractivity contribution in [1.29, 1.82) is 0 Å². The first-order valence-corrected chi connectivity index (χ1v) is 3.36. The Kier molecular flexibility index (Phi) is 2.01. The molecule has 0 aliphatic rings. The minimum Gasteiger partial charge on any atom is -0.504 e. The van der Waals surface area contributed by atoms with Gasteiger partial charge < -0.3 is 31.3 Å². The molecule has 7 nitrogen and oxygen atoms in total. The molecule has 0 radical (unpaired) electrons. The van der Waals surface area contributed by atoms with Crippen molar-refractivity contribution in [3.63, 3.8) is 0 Å². The zero-order chi connectivity index (χ0) is 11.0. The van der Waals surface area contributed by atoms with Crippen LogP contribution in [-0.4, -0.2) is 31.5 Å². The van der Waals surface area contributed by atoms with Crippen molar-refractivity contribution in [3.05, 3.63) is 5.56 Å². The van der Waals surface area contributed by atoms with E-state index in [9.17, 15) is 4.79 Å². The number of anilines is 1. The standard InChI is InChI=1S/C7H7NO6/c8-2-5(11)3(9)1(7(13)14)4(10)6(2)12/h9-12H,8H2,(H,13,14). The van der Waals surface area contributed by atoms with Crippen molar-refractivity contribution in [1.82, 2.24) is 0 Å². The molecule has 0 aromatic heterocycles. The van der Waals surface area contributed by atoms with E-state index in [0.717, 1.165) is 0 Å². The fraction of sp³-hybridized carbons (Fsp3) is 0. The summed E-state index contributed by atoms with van der Waals surface area (Å²) < 4.78 is 0. The van der Waals surface area contributed by atoms with Crippen molar-refractivity contribution in [2.24, 2.45) is 0 Å². The molecule has 1 aromatic rings. The van der Waals surface area contributed by atoms with E-state index < -0.39 is 40.2 Å². The maximum absolute atomic E-state index is 10.5. The summed E-state index contributed by atoms with van der Waals surface area (Å²) in [7, 11) is 0. The van der Waals surface area contributed by atoms with Crippen LogP contribution in [0.25, 0.3) is 0 Å². The van der Waals surface area contributed by atoms with Gasteiger partial charge in [0.15, 0.2) is 28.6 Å². The van der Waals surface area contributed by atoms with Crippen molar-refractivity contribution in [2.45, 2.75) is 0 Å². The number of aromatic carboxylic acids is 1. The minimum absolute atomic E-state index is 0.690. The van der Waals surface area contributed by atoms with Crippen LogP contribution < -0.4 is 5.73 Å². The largest absolute Gasteiger partial charge is 0.504 e. The predicted octanol–water partition coefficient (Wildman–Crippen LogP) is -0.211. The summed E-state index contributed by atoms with van der Waals surface area (Å²) in [6.07, 6.45) is 0. The highest BCUT2D eigenvalue weighted by molar-refractivity contribution is 5.98. The SMILES string of the molecule is Nc1c(O)c(O)c(C(=O)O)c(O)c1O. The smallest absolute Gasteiger partial charge is 0.343 e. The number of phenols is 4. The van der Waals surface area contributed by atoms with Gasteiger partial charge in [-0.05, 0) is 0 Å². The maximum Gasteiger partial charge on any atom is 0.343 e. The van der Waals surface area contributed by atoms with Crippen LogP contribution in [0.1, 0.15) is 10.4 Å². The number of carbonyl (C=O) groups is 1. The lowest BCUT2D eigenvalue weighted by Crippen LogP contribution is -2.00. The summed E-state index contributed by atoms with van der Waals surface area (Å²) in [5.41, 5.74) is 3.34. The van der Waals surface area contributed by atoms with Crippen LogP contribution in [0.15, 0.2) is 0 Å². The number of benzene rings is 1. The number of carboxylic acids is 1. The van der Waals surface area contributed by atoms with E-state index in [1.807, 2.05) is 0 Å². The molecule has 0 saturated carbocycles. The average Bonchev–Trinajstić information content (AvgIpc) is 2.11. The highest BCUT2D eigenvalue weighted by Gasteiger charge is 2.25. The van der Waals surface area contributed by atoms with Gasteiger partial charge in [-0.2, -0.15) is 0 Å². The molecular weight excluding hydrogens is 194 g/mol. The first-order chi connectivity index (χ1) is 6.37. The summed E-state index contributed by atoms with van der Waals surface area (Å²) >= 11 is 0. The molecule has 7 heteroatoms. The van der Waals surface area contributed by atoms with E-state index in [1.165, 1.54) is 0 Å². The molecule has 0 aliphatic heterocycles. The topological polar surface area (TPSA) is 144 Å². The molecule has 1 aromatic carbocycles. The van der Waals surface area contributed by atoms with E-state index in [0.29, 0.717) is 0 Å². The van der Waals surface area contributed by atoms with Crippen LogP contribution in [0, 0.1) is 0 Å². The molecule has 0 heterocycles. The third-order valence-corrected chi connectivity index (χ3v) is 1.65.